The first kappa shape index (κ1) is 13.0. The van der Waals surface area contributed by atoms with Crippen LogP contribution in [0.25, 0.3) is 10.8 Å². The van der Waals surface area contributed by atoms with Crippen LogP contribution in [0.3, 0.4) is 0 Å². The highest BCUT2D eigenvalue weighted by Crippen LogP contribution is 2.30. The van der Waals surface area contributed by atoms with Crippen molar-refractivity contribution >= 4 is 22.5 Å². The minimum atomic E-state index is 0.714. The van der Waals surface area contributed by atoms with Crippen LogP contribution >= 0.6 is 11.8 Å². The van der Waals surface area contributed by atoms with Crippen molar-refractivity contribution in [1.82, 2.24) is 20.2 Å². The third kappa shape index (κ3) is 2.49. The molecular formula is C15H14N4S. The van der Waals surface area contributed by atoms with Crippen molar-refractivity contribution in [3.8, 4) is 0 Å². The molecule has 100 valence electrons. The smallest absolute Gasteiger partial charge is 0.194 e. The van der Waals surface area contributed by atoms with Crippen LogP contribution in [-0.4, -0.2) is 20.2 Å². The lowest BCUT2D eigenvalue weighted by molar-refractivity contribution is 0.885. The largest absolute Gasteiger partial charge is 0.228 e. The van der Waals surface area contributed by atoms with Gasteiger partial charge in [-0.25, -0.2) is 9.97 Å². The minimum Gasteiger partial charge on any atom is -0.228 e. The van der Waals surface area contributed by atoms with E-state index in [1.165, 1.54) is 11.8 Å². The summed E-state index contributed by atoms with van der Waals surface area (Å²) < 4.78 is 0. The van der Waals surface area contributed by atoms with Crippen molar-refractivity contribution in [2.45, 2.75) is 31.0 Å². The molecule has 0 radical (unpaired) electrons. The average molecular weight is 282 g/mol. The Morgan fingerprint density at radius 1 is 0.850 bits per heavy atom. The molecule has 0 fully saturated rings. The van der Waals surface area contributed by atoms with Gasteiger partial charge < -0.3 is 0 Å². The number of benzene rings is 1. The normalized spacial score (nSPS) is 10.9. The first-order chi connectivity index (χ1) is 9.63. The molecule has 3 rings (SSSR count). The Bertz CT molecular complexity index is 766. The number of fused-ring (bicyclic) bond motifs is 1. The summed E-state index contributed by atoms with van der Waals surface area (Å²) in [7, 11) is 0. The fraction of sp³-hybridized carbons (Fsp3) is 0.200. The van der Waals surface area contributed by atoms with Gasteiger partial charge in [-0.15, -0.1) is 5.10 Å². The SMILES string of the molecule is Cc1cc(C)nc(Sc2nnc(C)c3ccccc23)n1. The molecule has 0 amide bonds. The van der Waals surface area contributed by atoms with Crippen LogP contribution in [-0.2, 0) is 0 Å². The van der Waals surface area contributed by atoms with Gasteiger partial charge in [-0.2, -0.15) is 5.10 Å². The zero-order valence-electron chi connectivity index (χ0n) is 11.6. The van der Waals surface area contributed by atoms with Crippen molar-refractivity contribution in [3.05, 3.63) is 47.4 Å². The van der Waals surface area contributed by atoms with E-state index in [1.54, 1.807) is 0 Å². The first-order valence-electron chi connectivity index (χ1n) is 6.35. The molecule has 0 spiro atoms. The van der Waals surface area contributed by atoms with Gasteiger partial charge >= 0.3 is 0 Å². The van der Waals surface area contributed by atoms with E-state index in [0.717, 1.165) is 32.9 Å². The maximum atomic E-state index is 4.44. The Morgan fingerprint density at radius 3 is 2.20 bits per heavy atom. The molecule has 0 atom stereocenters. The maximum Gasteiger partial charge on any atom is 0.194 e. The van der Waals surface area contributed by atoms with E-state index in [-0.39, 0.29) is 0 Å². The van der Waals surface area contributed by atoms with Crippen LogP contribution in [0.1, 0.15) is 17.1 Å². The quantitative estimate of drug-likeness (QED) is 0.673. The average Bonchev–Trinajstić information content (AvgIpc) is 2.41. The third-order valence-electron chi connectivity index (χ3n) is 2.99. The van der Waals surface area contributed by atoms with Gasteiger partial charge in [-0.3, -0.25) is 0 Å². The topological polar surface area (TPSA) is 51.6 Å². The van der Waals surface area contributed by atoms with Crippen LogP contribution in [0.5, 0.6) is 0 Å². The first-order valence-corrected chi connectivity index (χ1v) is 7.17. The molecule has 5 heteroatoms. The molecule has 20 heavy (non-hydrogen) atoms. The van der Waals surface area contributed by atoms with Gasteiger partial charge in [-0.1, -0.05) is 24.3 Å². The highest BCUT2D eigenvalue weighted by atomic mass is 32.2. The van der Waals surface area contributed by atoms with Crippen LogP contribution in [0.15, 0.2) is 40.5 Å². The van der Waals surface area contributed by atoms with Crippen LogP contribution in [0, 0.1) is 20.8 Å². The van der Waals surface area contributed by atoms with Gasteiger partial charge in [0.15, 0.2) is 5.16 Å². The van der Waals surface area contributed by atoms with Gasteiger partial charge in [0, 0.05) is 22.2 Å². The molecule has 0 unspecified atom stereocenters. The third-order valence-corrected chi connectivity index (χ3v) is 3.85. The Kier molecular flexibility index (Phi) is 3.36. The summed E-state index contributed by atoms with van der Waals surface area (Å²) in [5.41, 5.74) is 2.86. The summed E-state index contributed by atoms with van der Waals surface area (Å²) in [6.45, 7) is 5.91. The fourth-order valence-corrected chi connectivity index (χ4v) is 3.04. The lowest BCUT2D eigenvalue weighted by Gasteiger charge is -2.06. The molecule has 0 N–H and O–H groups in total. The van der Waals surface area contributed by atoms with Crippen molar-refractivity contribution < 1.29 is 0 Å². The molecule has 2 heterocycles. The van der Waals surface area contributed by atoms with Crippen molar-refractivity contribution in [3.63, 3.8) is 0 Å². The molecule has 0 aliphatic heterocycles. The highest BCUT2D eigenvalue weighted by Gasteiger charge is 2.10. The molecule has 0 saturated heterocycles. The Hall–Kier alpha value is -2.01. The molecular weight excluding hydrogens is 268 g/mol. The second kappa shape index (κ2) is 5.17. The zero-order chi connectivity index (χ0) is 14.1. The lowest BCUT2D eigenvalue weighted by atomic mass is 10.1. The summed E-state index contributed by atoms with van der Waals surface area (Å²) in [4.78, 5) is 8.89. The van der Waals surface area contributed by atoms with Crippen molar-refractivity contribution in [2.75, 3.05) is 0 Å². The number of aromatic nitrogens is 4. The minimum absolute atomic E-state index is 0.714. The number of hydrogen-bond donors (Lipinski definition) is 0. The molecule has 3 aromatic rings. The molecule has 4 nitrogen and oxygen atoms in total. The van der Waals surface area contributed by atoms with Crippen molar-refractivity contribution in [2.24, 2.45) is 0 Å². The summed E-state index contributed by atoms with van der Waals surface area (Å²) in [5.74, 6) is 0. The van der Waals surface area contributed by atoms with Crippen LogP contribution < -0.4 is 0 Å². The van der Waals surface area contributed by atoms with E-state index in [2.05, 4.69) is 32.3 Å². The second-order valence-electron chi connectivity index (χ2n) is 4.67. The number of nitrogens with zero attached hydrogens (tertiary/aromatic N) is 4. The zero-order valence-corrected chi connectivity index (χ0v) is 12.4. The van der Waals surface area contributed by atoms with Gasteiger partial charge in [0.2, 0.25) is 0 Å². The molecule has 2 aromatic heterocycles. The highest BCUT2D eigenvalue weighted by molar-refractivity contribution is 7.99. The van der Waals surface area contributed by atoms with Gasteiger partial charge in [0.25, 0.3) is 0 Å². The lowest BCUT2D eigenvalue weighted by Crippen LogP contribution is -1.96. The summed E-state index contributed by atoms with van der Waals surface area (Å²) in [5, 5.41) is 12.3. The van der Waals surface area contributed by atoms with E-state index in [4.69, 9.17) is 0 Å². The molecule has 0 saturated carbocycles. The maximum absolute atomic E-state index is 4.44. The van der Waals surface area contributed by atoms with E-state index >= 15 is 0 Å². The predicted molar refractivity (Wildman–Crippen MR) is 79.9 cm³/mol. The number of hydrogen-bond acceptors (Lipinski definition) is 5. The van der Waals surface area contributed by atoms with Gasteiger partial charge in [0.05, 0.1) is 5.69 Å². The van der Waals surface area contributed by atoms with Gasteiger partial charge in [0.1, 0.15) is 5.03 Å². The van der Waals surface area contributed by atoms with Crippen molar-refractivity contribution in [1.29, 1.82) is 0 Å². The molecule has 0 aliphatic carbocycles. The number of aryl methyl sites for hydroxylation is 3. The monoisotopic (exact) mass is 282 g/mol. The number of rotatable bonds is 2. The molecule has 1 aromatic carbocycles. The summed E-state index contributed by atoms with van der Waals surface area (Å²) in [6, 6.07) is 10.1. The van der Waals surface area contributed by atoms with Crippen LogP contribution in [0.4, 0.5) is 0 Å². The summed E-state index contributed by atoms with van der Waals surface area (Å²) >= 11 is 1.46. The van der Waals surface area contributed by atoms with E-state index < -0.39 is 0 Å². The molecule has 0 aliphatic rings. The van der Waals surface area contributed by atoms with E-state index in [9.17, 15) is 0 Å². The van der Waals surface area contributed by atoms with E-state index in [1.807, 2.05) is 39.0 Å². The summed E-state index contributed by atoms with van der Waals surface area (Å²) in [6.07, 6.45) is 0. The molecule has 0 bridgehead atoms. The second-order valence-corrected chi connectivity index (χ2v) is 5.63. The Labute approximate surface area is 121 Å². The van der Waals surface area contributed by atoms with Gasteiger partial charge in [-0.05, 0) is 38.6 Å². The predicted octanol–water partition coefficient (Wildman–Crippen LogP) is 3.50. The van der Waals surface area contributed by atoms with E-state index in [0.29, 0.717) is 5.16 Å². The van der Waals surface area contributed by atoms with Crippen LogP contribution in [0.2, 0.25) is 0 Å². The Balaban J connectivity index is 2.09. The standard InChI is InChI=1S/C15H14N4S/c1-9-8-10(2)17-15(16-9)20-14-13-7-5-4-6-12(13)11(3)18-19-14/h4-8H,1-3H3. The fourth-order valence-electron chi connectivity index (χ4n) is 2.11. The Morgan fingerprint density at radius 2 is 1.50 bits per heavy atom.